The Labute approximate surface area is 135 Å². The van der Waals surface area contributed by atoms with Crippen LogP contribution in [0, 0.1) is 0 Å². The zero-order valence-electron chi connectivity index (χ0n) is 12.9. The first kappa shape index (κ1) is 17.5. The number of anilines is 1. The van der Waals surface area contributed by atoms with Crippen molar-refractivity contribution in [1.82, 2.24) is 9.78 Å². The second-order valence-corrected chi connectivity index (χ2v) is 5.04. The number of nitrogens with one attached hydrogen (secondary N) is 1. The molecule has 0 aliphatic rings. The molecule has 0 saturated heterocycles. The molecule has 3 N–H and O–H groups in total. The second kappa shape index (κ2) is 6.34. The fraction of sp³-hybridized carbons (Fsp3) is 0.267. The second-order valence-electron chi connectivity index (χ2n) is 5.04. The van der Waals surface area contributed by atoms with Crippen molar-refractivity contribution in [1.29, 1.82) is 0 Å². The van der Waals surface area contributed by atoms with Crippen LogP contribution < -0.4 is 11.1 Å². The lowest BCUT2D eigenvalue weighted by Crippen LogP contribution is -2.20. The van der Waals surface area contributed by atoms with Crippen LogP contribution in [0.1, 0.15) is 39.0 Å². The molecule has 0 saturated carbocycles. The number of halogens is 3. The molecule has 0 aliphatic heterocycles. The van der Waals surface area contributed by atoms with Crippen LogP contribution in [0.4, 0.5) is 18.9 Å². The van der Waals surface area contributed by atoms with E-state index in [2.05, 4.69) is 10.4 Å². The molecule has 0 fully saturated rings. The number of primary amides is 1. The highest BCUT2D eigenvalue weighted by atomic mass is 19.4. The molecule has 0 atom stereocenters. The van der Waals surface area contributed by atoms with Gasteiger partial charge in [-0.25, -0.2) is 0 Å². The Morgan fingerprint density at radius 2 is 2.00 bits per heavy atom. The number of rotatable bonds is 4. The van der Waals surface area contributed by atoms with Gasteiger partial charge in [-0.05, 0) is 24.6 Å². The molecule has 128 valence electrons. The lowest BCUT2D eigenvalue weighted by atomic mass is 10.1. The Kier molecular flexibility index (Phi) is 4.63. The molecule has 1 aromatic carbocycles. The Hall–Kier alpha value is -2.84. The van der Waals surface area contributed by atoms with E-state index in [-0.39, 0.29) is 16.9 Å². The van der Waals surface area contributed by atoms with Crippen LogP contribution in [0.3, 0.4) is 0 Å². The number of amides is 2. The molecule has 1 heterocycles. The predicted molar refractivity (Wildman–Crippen MR) is 80.5 cm³/mol. The Morgan fingerprint density at radius 1 is 1.33 bits per heavy atom. The third-order valence-corrected chi connectivity index (χ3v) is 3.38. The minimum absolute atomic E-state index is 0.0211. The van der Waals surface area contributed by atoms with E-state index >= 15 is 0 Å². The molecular formula is C15H15F3N4O2. The van der Waals surface area contributed by atoms with Gasteiger partial charge in [0.25, 0.3) is 11.8 Å². The molecule has 2 rings (SSSR count). The van der Waals surface area contributed by atoms with Gasteiger partial charge in [0.1, 0.15) is 5.69 Å². The average molecular weight is 340 g/mol. The van der Waals surface area contributed by atoms with E-state index in [1.165, 1.54) is 17.8 Å². The summed E-state index contributed by atoms with van der Waals surface area (Å²) in [5.74, 6) is -1.59. The number of hydrogen-bond acceptors (Lipinski definition) is 3. The smallest absolute Gasteiger partial charge is 0.364 e. The maximum Gasteiger partial charge on any atom is 0.416 e. The highest BCUT2D eigenvalue weighted by Gasteiger charge is 2.31. The molecule has 1 aromatic heterocycles. The summed E-state index contributed by atoms with van der Waals surface area (Å²) in [5, 5.41) is 6.51. The number of hydrogen-bond donors (Lipinski definition) is 2. The van der Waals surface area contributed by atoms with Gasteiger partial charge in [-0.1, -0.05) is 13.0 Å². The van der Waals surface area contributed by atoms with Crippen LogP contribution in [0.5, 0.6) is 0 Å². The minimum atomic E-state index is -4.56. The van der Waals surface area contributed by atoms with E-state index in [1.807, 2.05) is 0 Å². The first-order valence-electron chi connectivity index (χ1n) is 6.99. The largest absolute Gasteiger partial charge is 0.416 e. The first-order valence-corrected chi connectivity index (χ1v) is 6.99. The van der Waals surface area contributed by atoms with Gasteiger partial charge in [-0.3, -0.25) is 14.3 Å². The van der Waals surface area contributed by atoms with E-state index in [0.717, 1.165) is 18.2 Å². The quantitative estimate of drug-likeness (QED) is 0.895. The van der Waals surface area contributed by atoms with Crippen molar-refractivity contribution in [2.24, 2.45) is 12.8 Å². The summed E-state index contributed by atoms with van der Waals surface area (Å²) in [6.45, 7) is 1.76. The van der Waals surface area contributed by atoms with Crippen molar-refractivity contribution in [2.45, 2.75) is 19.5 Å². The Morgan fingerprint density at radius 3 is 2.54 bits per heavy atom. The van der Waals surface area contributed by atoms with E-state index in [9.17, 15) is 22.8 Å². The van der Waals surface area contributed by atoms with Gasteiger partial charge in [-0.15, -0.1) is 0 Å². The summed E-state index contributed by atoms with van der Waals surface area (Å²) in [5.41, 5.74) is 4.65. The normalized spacial score (nSPS) is 11.4. The van der Waals surface area contributed by atoms with Crippen LogP contribution in [0.2, 0.25) is 0 Å². The SMILES string of the molecule is CCc1nn(C)c(C(N)=O)c1NC(=O)c1cccc(C(F)(F)F)c1. The fourth-order valence-corrected chi connectivity index (χ4v) is 2.26. The van der Waals surface area contributed by atoms with Crippen LogP contribution in [-0.2, 0) is 19.6 Å². The Bertz CT molecular complexity index is 797. The van der Waals surface area contributed by atoms with Crippen molar-refractivity contribution in [3.63, 3.8) is 0 Å². The van der Waals surface area contributed by atoms with Gasteiger partial charge in [0.05, 0.1) is 16.9 Å². The molecule has 24 heavy (non-hydrogen) atoms. The van der Waals surface area contributed by atoms with Crippen LogP contribution in [-0.4, -0.2) is 21.6 Å². The van der Waals surface area contributed by atoms with Crippen molar-refractivity contribution < 1.29 is 22.8 Å². The molecule has 6 nitrogen and oxygen atoms in total. The summed E-state index contributed by atoms with van der Waals surface area (Å²) < 4.78 is 39.5. The monoisotopic (exact) mass is 340 g/mol. The van der Waals surface area contributed by atoms with E-state index in [4.69, 9.17) is 5.73 Å². The summed E-state index contributed by atoms with van der Waals surface area (Å²) in [4.78, 5) is 23.8. The van der Waals surface area contributed by atoms with Crippen molar-refractivity contribution >= 4 is 17.5 Å². The van der Waals surface area contributed by atoms with Crippen LogP contribution >= 0.6 is 0 Å². The van der Waals surface area contributed by atoms with Gasteiger partial charge in [-0.2, -0.15) is 18.3 Å². The summed E-state index contributed by atoms with van der Waals surface area (Å²) in [6.07, 6.45) is -4.16. The zero-order chi connectivity index (χ0) is 18.1. The molecule has 0 unspecified atom stereocenters. The van der Waals surface area contributed by atoms with Crippen molar-refractivity contribution in [3.05, 3.63) is 46.8 Å². The number of nitrogens with two attached hydrogens (primary N) is 1. The molecule has 0 spiro atoms. The fourth-order valence-electron chi connectivity index (χ4n) is 2.26. The average Bonchev–Trinajstić information content (AvgIpc) is 2.82. The number of benzene rings is 1. The van der Waals surface area contributed by atoms with Gasteiger partial charge in [0, 0.05) is 12.6 Å². The highest BCUT2D eigenvalue weighted by molar-refractivity contribution is 6.08. The molecule has 2 amide bonds. The maximum absolute atomic E-state index is 12.7. The first-order chi connectivity index (χ1) is 11.1. The molecule has 2 aromatic rings. The van der Waals surface area contributed by atoms with E-state index in [0.29, 0.717) is 12.1 Å². The van der Waals surface area contributed by atoms with Gasteiger partial charge in [0.2, 0.25) is 0 Å². The van der Waals surface area contributed by atoms with Crippen molar-refractivity contribution in [2.75, 3.05) is 5.32 Å². The molecule has 0 bridgehead atoms. The maximum atomic E-state index is 12.7. The molecule has 0 radical (unpaired) electrons. The van der Waals surface area contributed by atoms with E-state index < -0.39 is 23.6 Å². The number of carbonyl (C=O) groups excluding carboxylic acids is 2. The minimum Gasteiger partial charge on any atom is -0.364 e. The molecule has 0 aliphatic carbocycles. The lowest BCUT2D eigenvalue weighted by molar-refractivity contribution is -0.137. The predicted octanol–water partition coefficient (Wildman–Crippen LogP) is 2.35. The lowest BCUT2D eigenvalue weighted by Gasteiger charge is -2.10. The summed E-state index contributed by atoms with van der Waals surface area (Å²) in [7, 11) is 1.49. The summed E-state index contributed by atoms with van der Waals surface area (Å²) in [6, 6.07) is 3.99. The van der Waals surface area contributed by atoms with Gasteiger partial charge < -0.3 is 11.1 Å². The Balaban J connectivity index is 2.39. The number of nitrogens with zero attached hydrogens (tertiary/aromatic N) is 2. The van der Waals surface area contributed by atoms with Crippen molar-refractivity contribution in [3.8, 4) is 0 Å². The van der Waals surface area contributed by atoms with Gasteiger partial charge >= 0.3 is 6.18 Å². The van der Waals surface area contributed by atoms with Crippen LogP contribution in [0.25, 0.3) is 0 Å². The standard InChI is InChI=1S/C15H15F3N4O2/c1-3-10-11(12(13(19)23)22(2)21-10)20-14(24)8-5-4-6-9(7-8)15(16,17)18/h4-7H,3H2,1-2H3,(H2,19,23)(H,20,24). The highest BCUT2D eigenvalue weighted by Crippen LogP contribution is 2.30. The van der Waals surface area contributed by atoms with Crippen LogP contribution in [0.15, 0.2) is 24.3 Å². The summed E-state index contributed by atoms with van der Waals surface area (Å²) >= 11 is 0. The number of aryl methyl sites for hydroxylation is 2. The number of aromatic nitrogens is 2. The molecule has 9 heteroatoms. The number of alkyl halides is 3. The third kappa shape index (κ3) is 3.39. The zero-order valence-corrected chi connectivity index (χ0v) is 12.9. The third-order valence-electron chi connectivity index (χ3n) is 3.38. The topological polar surface area (TPSA) is 90.0 Å². The number of carbonyl (C=O) groups is 2. The van der Waals surface area contributed by atoms with Gasteiger partial charge in [0.15, 0.2) is 0 Å². The molecular weight excluding hydrogens is 325 g/mol. The van der Waals surface area contributed by atoms with E-state index in [1.54, 1.807) is 6.92 Å².